The van der Waals surface area contributed by atoms with Gasteiger partial charge in [-0.15, -0.1) is 0 Å². The zero-order chi connectivity index (χ0) is 20.1. The van der Waals surface area contributed by atoms with Gasteiger partial charge in [0.2, 0.25) is 5.75 Å². The topological polar surface area (TPSA) is 18.5 Å². The maximum Gasteiger partial charge on any atom is 0.205 e. The first kappa shape index (κ1) is 20.7. The highest BCUT2D eigenvalue weighted by Crippen LogP contribution is 2.37. The summed E-state index contributed by atoms with van der Waals surface area (Å²) in [6.07, 6.45) is 0.821. The molecule has 3 aromatic carbocycles. The number of rotatable bonds is 7. The molecule has 1 unspecified atom stereocenters. The summed E-state index contributed by atoms with van der Waals surface area (Å²) in [4.78, 5) is 0. The predicted molar refractivity (Wildman–Crippen MR) is 115 cm³/mol. The number of benzene rings is 3. The van der Waals surface area contributed by atoms with Gasteiger partial charge in [-0.05, 0) is 72.9 Å². The van der Waals surface area contributed by atoms with Gasteiger partial charge in [0.05, 0.1) is 6.61 Å². The van der Waals surface area contributed by atoms with Crippen molar-refractivity contribution in [3.63, 3.8) is 0 Å². The maximum atomic E-state index is 14.4. The molecule has 28 heavy (non-hydrogen) atoms. The van der Waals surface area contributed by atoms with Crippen molar-refractivity contribution < 1.29 is 13.9 Å². The lowest BCUT2D eigenvalue weighted by Gasteiger charge is -2.18. The Bertz CT molecular complexity index is 927. The molecule has 0 heterocycles. The molecule has 0 fully saturated rings. The first-order chi connectivity index (χ1) is 13.4. The van der Waals surface area contributed by atoms with Crippen LogP contribution in [0.3, 0.4) is 0 Å². The summed E-state index contributed by atoms with van der Waals surface area (Å²) in [5.41, 5.74) is 1.74. The lowest BCUT2D eigenvalue weighted by Crippen LogP contribution is -2.12. The van der Waals surface area contributed by atoms with Gasteiger partial charge in [0.25, 0.3) is 0 Å². The second kappa shape index (κ2) is 9.44. The molecule has 0 bridgehead atoms. The highest BCUT2D eigenvalue weighted by molar-refractivity contribution is 9.10. The van der Waals surface area contributed by atoms with Crippen LogP contribution in [0.4, 0.5) is 4.39 Å². The third kappa shape index (κ3) is 5.49. The second-order valence-corrected chi connectivity index (χ2v) is 8.02. The molecule has 0 aliphatic heterocycles. The number of hydrogen-bond acceptors (Lipinski definition) is 2. The average Bonchev–Trinajstić information content (AvgIpc) is 2.68. The summed E-state index contributed by atoms with van der Waals surface area (Å²) >= 11 is 9.30. The lowest BCUT2D eigenvalue weighted by atomic mass is 10.0. The monoisotopic (exact) mass is 461 g/mol. The Morgan fingerprint density at radius 3 is 2.36 bits per heavy atom. The summed E-state index contributed by atoms with van der Waals surface area (Å²) in [6, 6.07) is 17.8. The smallest absolute Gasteiger partial charge is 0.205 e. The molecule has 3 aromatic rings. The molecule has 145 valence electrons. The van der Waals surface area contributed by atoms with E-state index in [0.29, 0.717) is 28.7 Å². The highest BCUT2D eigenvalue weighted by atomic mass is 79.9. The molecular formula is C23H20BrClFO2. The Labute approximate surface area is 178 Å². The van der Waals surface area contributed by atoms with Crippen molar-refractivity contribution in [3.8, 4) is 17.2 Å². The van der Waals surface area contributed by atoms with Gasteiger partial charge in [-0.25, -0.2) is 4.39 Å². The third-order valence-corrected chi connectivity index (χ3v) is 4.97. The fourth-order valence-electron chi connectivity index (χ4n) is 2.76. The minimum atomic E-state index is -0.490. The third-order valence-electron chi connectivity index (χ3n) is 4.19. The summed E-state index contributed by atoms with van der Waals surface area (Å²) in [5.74, 6) is 0.617. The van der Waals surface area contributed by atoms with E-state index >= 15 is 0 Å². The quantitative estimate of drug-likeness (QED) is 0.362. The van der Waals surface area contributed by atoms with Crippen LogP contribution >= 0.6 is 27.5 Å². The van der Waals surface area contributed by atoms with Gasteiger partial charge in [0.15, 0.2) is 11.6 Å². The largest absolute Gasteiger partial charge is 0.489 e. The van der Waals surface area contributed by atoms with Gasteiger partial charge >= 0.3 is 0 Å². The van der Waals surface area contributed by atoms with Crippen molar-refractivity contribution >= 4 is 27.5 Å². The lowest BCUT2D eigenvalue weighted by molar-refractivity contribution is 0.247. The predicted octanol–water partition coefficient (Wildman–Crippen LogP) is 7.47. The highest BCUT2D eigenvalue weighted by Gasteiger charge is 2.17. The first-order valence-corrected chi connectivity index (χ1v) is 10.0. The Morgan fingerprint density at radius 1 is 1.00 bits per heavy atom. The molecule has 3 rings (SSSR count). The molecule has 0 amide bonds. The normalized spacial score (nSPS) is 11.9. The summed E-state index contributed by atoms with van der Waals surface area (Å²) in [5, 5.41) is 0.712. The van der Waals surface area contributed by atoms with Crippen molar-refractivity contribution in [2.45, 2.75) is 13.3 Å². The van der Waals surface area contributed by atoms with Crippen LogP contribution in [-0.4, -0.2) is 6.61 Å². The summed E-state index contributed by atoms with van der Waals surface area (Å²) in [6.45, 7) is 6.44. The van der Waals surface area contributed by atoms with Gasteiger partial charge in [0, 0.05) is 9.50 Å². The van der Waals surface area contributed by atoms with Crippen molar-refractivity contribution in [2.75, 3.05) is 6.61 Å². The van der Waals surface area contributed by atoms with Crippen LogP contribution in [0.1, 0.15) is 18.1 Å². The van der Waals surface area contributed by atoms with Crippen molar-refractivity contribution in [1.29, 1.82) is 0 Å². The Balaban J connectivity index is 1.72. The van der Waals surface area contributed by atoms with E-state index < -0.39 is 5.82 Å². The van der Waals surface area contributed by atoms with Gasteiger partial charge in [0.1, 0.15) is 5.75 Å². The molecule has 0 N–H and O–H groups in total. The Hall–Kier alpha value is -2.04. The van der Waals surface area contributed by atoms with E-state index in [4.69, 9.17) is 21.1 Å². The molecule has 1 atom stereocenters. The van der Waals surface area contributed by atoms with E-state index in [9.17, 15) is 4.39 Å². The van der Waals surface area contributed by atoms with Crippen LogP contribution in [0, 0.1) is 18.7 Å². The van der Waals surface area contributed by atoms with E-state index in [1.807, 2.05) is 36.4 Å². The molecular weight excluding hydrogens is 443 g/mol. The minimum absolute atomic E-state index is 0.0496. The SMILES string of the molecule is [CH2]c1ccc(F)c(Oc2ccc(Br)cc2)c1OCC(C)Cc1ccc(Cl)cc1. The molecule has 0 saturated heterocycles. The van der Waals surface area contributed by atoms with Gasteiger partial charge in [-0.1, -0.05) is 52.7 Å². The molecule has 2 nitrogen and oxygen atoms in total. The minimum Gasteiger partial charge on any atom is -0.489 e. The van der Waals surface area contributed by atoms with Crippen molar-refractivity contribution in [1.82, 2.24) is 0 Å². The molecule has 0 aliphatic carbocycles. The average molecular weight is 463 g/mol. The molecule has 0 aliphatic rings. The number of hydrogen-bond donors (Lipinski definition) is 0. The fraction of sp³-hybridized carbons (Fsp3) is 0.174. The fourth-order valence-corrected chi connectivity index (χ4v) is 3.15. The molecule has 1 radical (unpaired) electrons. The van der Waals surface area contributed by atoms with Crippen LogP contribution < -0.4 is 9.47 Å². The van der Waals surface area contributed by atoms with Crippen LogP contribution in [0.25, 0.3) is 0 Å². The standard InChI is InChI=1S/C23H20BrClFO2/c1-15(13-17-4-8-19(25)9-5-17)14-27-22-16(2)3-12-21(26)23(22)28-20-10-6-18(24)7-11-20/h3-12,15H,2,13-14H2,1H3. The number of halogens is 3. The molecule has 0 saturated carbocycles. The summed E-state index contributed by atoms with van der Waals surface area (Å²) in [7, 11) is 0. The van der Waals surface area contributed by atoms with Crippen LogP contribution in [0.2, 0.25) is 5.02 Å². The van der Waals surface area contributed by atoms with Crippen LogP contribution in [-0.2, 0) is 6.42 Å². The van der Waals surface area contributed by atoms with E-state index in [1.54, 1.807) is 18.2 Å². The van der Waals surface area contributed by atoms with Crippen LogP contribution in [0.5, 0.6) is 17.2 Å². The van der Waals surface area contributed by atoms with Crippen LogP contribution in [0.15, 0.2) is 65.1 Å². The van der Waals surface area contributed by atoms with E-state index in [2.05, 4.69) is 29.8 Å². The van der Waals surface area contributed by atoms with E-state index in [-0.39, 0.29) is 11.7 Å². The first-order valence-electron chi connectivity index (χ1n) is 8.87. The van der Waals surface area contributed by atoms with E-state index in [1.165, 1.54) is 11.6 Å². The molecule has 5 heteroatoms. The maximum absolute atomic E-state index is 14.4. The second-order valence-electron chi connectivity index (χ2n) is 6.67. The van der Waals surface area contributed by atoms with E-state index in [0.717, 1.165) is 10.9 Å². The molecule has 0 aromatic heterocycles. The van der Waals surface area contributed by atoms with Gasteiger partial charge < -0.3 is 9.47 Å². The number of ether oxygens (including phenoxy) is 2. The van der Waals surface area contributed by atoms with Crippen molar-refractivity contribution in [3.05, 3.63) is 94.0 Å². The van der Waals surface area contributed by atoms with Gasteiger partial charge in [-0.3, -0.25) is 0 Å². The van der Waals surface area contributed by atoms with Gasteiger partial charge in [-0.2, -0.15) is 0 Å². The zero-order valence-electron chi connectivity index (χ0n) is 15.4. The zero-order valence-corrected chi connectivity index (χ0v) is 17.8. The Morgan fingerprint density at radius 2 is 1.68 bits per heavy atom. The Kier molecular flexibility index (Phi) is 6.97. The van der Waals surface area contributed by atoms with Crippen molar-refractivity contribution in [2.24, 2.45) is 5.92 Å². The molecule has 0 spiro atoms. The summed E-state index contributed by atoms with van der Waals surface area (Å²) < 4.78 is 27.1.